The molecule has 1 aromatic rings. The minimum absolute atomic E-state index is 0.185. The minimum atomic E-state index is -0.996. The van der Waals surface area contributed by atoms with Gasteiger partial charge < -0.3 is 15.6 Å². The number of carboxylic acid groups (broad SMARTS) is 1. The Hall–Kier alpha value is -2.34. The quantitative estimate of drug-likeness (QED) is 0.678. The summed E-state index contributed by atoms with van der Waals surface area (Å²) in [6.07, 6.45) is 2.56. The molecule has 0 bridgehead atoms. The number of hydrogen-bond acceptors (Lipinski definition) is 4. The molecule has 0 heterocycles. The number of carbonyl (C=O) groups is 2. The fourth-order valence-electron chi connectivity index (χ4n) is 1.54. The van der Waals surface area contributed by atoms with Crippen molar-refractivity contribution in [2.24, 2.45) is 5.73 Å². The molecule has 1 aromatic carbocycles. The SMILES string of the molecule is CN(CCOc1cccc(C=CC(=O)O)c1)CC(N)=O. The molecule has 0 aliphatic carbocycles. The molecule has 6 heteroatoms. The summed E-state index contributed by atoms with van der Waals surface area (Å²) in [6, 6.07) is 7.09. The molecule has 6 nitrogen and oxygen atoms in total. The highest BCUT2D eigenvalue weighted by molar-refractivity contribution is 5.85. The van der Waals surface area contributed by atoms with E-state index >= 15 is 0 Å². The average molecular weight is 278 g/mol. The van der Waals surface area contributed by atoms with Crippen LogP contribution in [0, 0.1) is 0 Å². The second-order valence-corrected chi connectivity index (χ2v) is 4.30. The third-order valence-corrected chi connectivity index (χ3v) is 2.44. The van der Waals surface area contributed by atoms with Crippen molar-refractivity contribution in [2.75, 3.05) is 26.7 Å². The lowest BCUT2D eigenvalue weighted by atomic mass is 10.2. The molecule has 0 saturated heterocycles. The van der Waals surface area contributed by atoms with Crippen LogP contribution in [-0.2, 0) is 9.59 Å². The fourth-order valence-corrected chi connectivity index (χ4v) is 1.54. The van der Waals surface area contributed by atoms with E-state index in [1.807, 2.05) is 0 Å². The first-order chi connectivity index (χ1) is 9.47. The zero-order valence-electron chi connectivity index (χ0n) is 11.3. The van der Waals surface area contributed by atoms with E-state index in [9.17, 15) is 9.59 Å². The van der Waals surface area contributed by atoms with Gasteiger partial charge in [0, 0.05) is 12.6 Å². The van der Waals surface area contributed by atoms with Crippen LogP contribution in [0.5, 0.6) is 5.75 Å². The molecule has 0 radical (unpaired) electrons. The van der Waals surface area contributed by atoms with Crippen LogP contribution in [-0.4, -0.2) is 48.6 Å². The van der Waals surface area contributed by atoms with E-state index in [0.717, 1.165) is 11.6 Å². The molecule has 0 aliphatic rings. The van der Waals surface area contributed by atoms with E-state index in [2.05, 4.69) is 0 Å². The van der Waals surface area contributed by atoms with Crippen LogP contribution in [0.1, 0.15) is 5.56 Å². The van der Waals surface area contributed by atoms with E-state index < -0.39 is 5.97 Å². The van der Waals surface area contributed by atoms with Crippen molar-refractivity contribution in [2.45, 2.75) is 0 Å². The zero-order valence-corrected chi connectivity index (χ0v) is 11.3. The number of aliphatic carboxylic acids is 1. The Bertz CT molecular complexity index is 500. The van der Waals surface area contributed by atoms with Crippen molar-refractivity contribution in [1.82, 2.24) is 4.90 Å². The molecule has 108 valence electrons. The van der Waals surface area contributed by atoms with Crippen LogP contribution >= 0.6 is 0 Å². The number of hydrogen-bond donors (Lipinski definition) is 2. The maximum absolute atomic E-state index is 10.7. The standard InChI is InChI=1S/C14H18N2O4/c1-16(10-13(15)17)7-8-20-12-4-2-3-11(9-12)5-6-14(18)19/h2-6,9H,7-8,10H2,1H3,(H2,15,17)(H,18,19). The Balaban J connectivity index is 2.46. The van der Waals surface area contributed by atoms with E-state index in [4.69, 9.17) is 15.6 Å². The Kier molecular flexibility index (Phi) is 6.25. The van der Waals surface area contributed by atoms with Crippen LogP contribution in [0.4, 0.5) is 0 Å². The predicted octanol–water partition coefficient (Wildman–Crippen LogP) is 0.580. The number of likely N-dealkylation sites (N-methyl/N-ethyl adjacent to an activating group) is 1. The largest absolute Gasteiger partial charge is 0.492 e. The number of ether oxygens (including phenoxy) is 1. The van der Waals surface area contributed by atoms with Gasteiger partial charge in [0.15, 0.2) is 0 Å². The van der Waals surface area contributed by atoms with Crippen LogP contribution in [0.2, 0.25) is 0 Å². The van der Waals surface area contributed by atoms with Crippen molar-refractivity contribution in [3.05, 3.63) is 35.9 Å². The van der Waals surface area contributed by atoms with Gasteiger partial charge in [0.1, 0.15) is 12.4 Å². The predicted molar refractivity (Wildman–Crippen MR) is 75.3 cm³/mol. The van der Waals surface area contributed by atoms with E-state index in [-0.39, 0.29) is 12.5 Å². The van der Waals surface area contributed by atoms with Gasteiger partial charge in [0.05, 0.1) is 6.54 Å². The van der Waals surface area contributed by atoms with Crippen LogP contribution < -0.4 is 10.5 Å². The lowest BCUT2D eigenvalue weighted by Crippen LogP contribution is -2.33. The van der Waals surface area contributed by atoms with Gasteiger partial charge >= 0.3 is 5.97 Å². The smallest absolute Gasteiger partial charge is 0.328 e. The molecule has 20 heavy (non-hydrogen) atoms. The fraction of sp³-hybridized carbons (Fsp3) is 0.286. The van der Waals surface area contributed by atoms with E-state index in [1.54, 1.807) is 36.2 Å². The van der Waals surface area contributed by atoms with Gasteiger partial charge in [-0.1, -0.05) is 12.1 Å². The van der Waals surface area contributed by atoms with Crippen molar-refractivity contribution >= 4 is 18.0 Å². The molecular formula is C14H18N2O4. The summed E-state index contributed by atoms with van der Waals surface area (Å²) in [6.45, 7) is 1.17. The third-order valence-electron chi connectivity index (χ3n) is 2.44. The van der Waals surface area contributed by atoms with Gasteiger partial charge in [0.25, 0.3) is 0 Å². The highest BCUT2D eigenvalue weighted by Crippen LogP contribution is 2.14. The minimum Gasteiger partial charge on any atom is -0.492 e. The van der Waals surface area contributed by atoms with Gasteiger partial charge in [-0.2, -0.15) is 0 Å². The van der Waals surface area contributed by atoms with Crippen molar-refractivity contribution in [3.8, 4) is 5.75 Å². The molecule has 0 fully saturated rings. The molecule has 0 aromatic heterocycles. The number of benzene rings is 1. The number of carboxylic acids is 1. The summed E-state index contributed by atoms with van der Waals surface area (Å²) in [5, 5.41) is 8.56. The Morgan fingerprint density at radius 1 is 1.45 bits per heavy atom. The number of amides is 1. The lowest BCUT2D eigenvalue weighted by molar-refractivity contribution is -0.131. The molecule has 0 atom stereocenters. The van der Waals surface area contributed by atoms with Crippen molar-refractivity contribution in [1.29, 1.82) is 0 Å². The Morgan fingerprint density at radius 2 is 2.20 bits per heavy atom. The Labute approximate surface area is 117 Å². The van der Waals surface area contributed by atoms with Gasteiger partial charge in [-0.3, -0.25) is 9.69 Å². The number of nitrogens with zero attached hydrogens (tertiary/aromatic N) is 1. The number of rotatable bonds is 8. The van der Waals surface area contributed by atoms with Gasteiger partial charge in [-0.15, -0.1) is 0 Å². The first-order valence-corrected chi connectivity index (χ1v) is 6.08. The average Bonchev–Trinajstić information content (AvgIpc) is 2.36. The summed E-state index contributed by atoms with van der Waals surface area (Å²) < 4.78 is 5.53. The summed E-state index contributed by atoms with van der Waals surface area (Å²) >= 11 is 0. The van der Waals surface area contributed by atoms with Gasteiger partial charge in [-0.05, 0) is 30.8 Å². The van der Waals surface area contributed by atoms with Crippen molar-refractivity contribution in [3.63, 3.8) is 0 Å². The molecule has 0 spiro atoms. The van der Waals surface area contributed by atoms with Crippen LogP contribution in [0.15, 0.2) is 30.3 Å². The zero-order chi connectivity index (χ0) is 15.0. The second-order valence-electron chi connectivity index (χ2n) is 4.30. The summed E-state index contributed by atoms with van der Waals surface area (Å²) in [4.78, 5) is 22.9. The van der Waals surface area contributed by atoms with Crippen LogP contribution in [0.25, 0.3) is 6.08 Å². The molecular weight excluding hydrogens is 260 g/mol. The second kappa shape index (κ2) is 7.96. The lowest BCUT2D eigenvalue weighted by Gasteiger charge is -2.14. The van der Waals surface area contributed by atoms with E-state index in [0.29, 0.717) is 18.9 Å². The summed E-state index contributed by atoms with van der Waals surface area (Å²) in [5.41, 5.74) is 5.82. The molecule has 1 rings (SSSR count). The van der Waals surface area contributed by atoms with Crippen molar-refractivity contribution < 1.29 is 19.4 Å². The van der Waals surface area contributed by atoms with Gasteiger partial charge in [-0.25, -0.2) is 4.79 Å². The topological polar surface area (TPSA) is 92.9 Å². The monoisotopic (exact) mass is 278 g/mol. The molecule has 3 N–H and O–H groups in total. The van der Waals surface area contributed by atoms with Crippen LogP contribution in [0.3, 0.4) is 0 Å². The maximum atomic E-state index is 10.7. The normalized spacial score (nSPS) is 10.9. The summed E-state index contributed by atoms with van der Waals surface area (Å²) in [5.74, 6) is -0.734. The highest BCUT2D eigenvalue weighted by atomic mass is 16.5. The highest BCUT2D eigenvalue weighted by Gasteiger charge is 2.02. The Morgan fingerprint density at radius 3 is 2.85 bits per heavy atom. The molecule has 1 amide bonds. The first kappa shape index (κ1) is 15.7. The number of carbonyl (C=O) groups excluding carboxylic acids is 1. The van der Waals surface area contributed by atoms with E-state index in [1.165, 1.54) is 6.08 Å². The molecule has 0 aliphatic heterocycles. The number of primary amides is 1. The first-order valence-electron chi connectivity index (χ1n) is 6.08. The number of nitrogens with two attached hydrogens (primary N) is 1. The van der Waals surface area contributed by atoms with Gasteiger partial charge in [0.2, 0.25) is 5.91 Å². The third kappa shape index (κ3) is 6.55. The molecule has 0 unspecified atom stereocenters. The summed E-state index contributed by atoms with van der Waals surface area (Å²) in [7, 11) is 1.78. The maximum Gasteiger partial charge on any atom is 0.328 e. The molecule has 0 saturated carbocycles.